The first-order valence-corrected chi connectivity index (χ1v) is 18.2. The molecule has 248 valence electrons. The van der Waals surface area contributed by atoms with Crippen LogP contribution in [0.25, 0.3) is 17.2 Å². The fourth-order valence-electron chi connectivity index (χ4n) is 6.37. The summed E-state index contributed by atoms with van der Waals surface area (Å²) in [5.74, 6) is 2.73. The molecule has 4 nitrogen and oxygen atoms in total. The van der Waals surface area contributed by atoms with Crippen LogP contribution in [0, 0.1) is 0 Å². The Kier molecular flexibility index (Phi) is 18.4. The number of nitrogens with zero attached hydrogens (tertiary/aromatic N) is 2. The van der Waals surface area contributed by atoms with Gasteiger partial charge in [-0.25, -0.2) is 0 Å². The van der Waals surface area contributed by atoms with Crippen molar-refractivity contribution in [3.8, 4) is 5.75 Å². The molecule has 0 saturated carbocycles. The number of unbranched alkanes of at least 4 members (excludes halogenated alkanes) is 17. The molecule has 0 N–H and O–H groups in total. The Morgan fingerprint density at radius 2 is 1.20 bits per heavy atom. The zero-order chi connectivity index (χ0) is 30.7. The summed E-state index contributed by atoms with van der Waals surface area (Å²) in [6.07, 6.45) is 32.1. The van der Waals surface area contributed by atoms with Crippen LogP contribution in [0.15, 0.2) is 71.0 Å². The van der Waals surface area contributed by atoms with Crippen molar-refractivity contribution in [1.82, 2.24) is 0 Å². The number of anilines is 1. The molecule has 0 aliphatic carbocycles. The van der Waals surface area contributed by atoms with Crippen molar-refractivity contribution in [2.24, 2.45) is 0 Å². The van der Waals surface area contributed by atoms with E-state index in [1.165, 1.54) is 121 Å². The van der Waals surface area contributed by atoms with E-state index in [9.17, 15) is 0 Å². The molecule has 5 heteroatoms. The Balaban J connectivity index is 0.00000552. The van der Waals surface area contributed by atoms with Gasteiger partial charge in [-0.05, 0) is 43.2 Å². The normalized spacial score (nSPS) is 13.6. The van der Waals surface area contributed by atoms with Crippen LogP contribution in [0.2, 0.25) is 0 Å². The maximum Gasteiger partial charge on any atom is 0.374 e. The van der Waals surface area contributed by atoms with Gasteiger partial charge >= 0.3 is 5.89 Å². The third-order valence-electron chi connectivity index (χ3n) is 8.97. The molecule has 0 atom stereocenters. The average Bonchev–Trinajstić information content (AvgIpc) is 3.58. The van der Waals surface area contributed by atoms with Gasteiger partial charge in [0.05, 0.1) is 11.8 Å². The predicted octanol–water partition coefficient (Wildman–Crippen LogP) is 8.93. The largest absolute Gasteiger partial charge is 1.00 e. The van der Waals surface area contributed by atoms with E-state index >= 15 is 0 Å². The Labute approximate surface area is 291 Å². The van der Waals surface area contributed by atoms with Gasteiger partial charge in [0.1, 0.15) is 0 Å². The first kappa shape index (κ1) is 37.2. The minimum absolute atomic E-state index is 0. The summed E-state index contributed by atoms with van der Waals surface area (Å²) in [7, 11) is 0. The van der Waals surface area contributed by atoms with Crippen LogP contribution in [-0.4, -0.2) is 6.54 Å². The molecular formula is C40H59IN2O2. The van der Waals surface area contributed by atoms with E-state index in [2.05, 4.69) is 84.0 Å². The molecule has 0 radical (unpaired) electrons. The summed E-state index contributed by atoms with van der Waals surface area (Å²) < 4.78 is 14.8. The van der Waals surface area contributed by atoms with Crippen LogP contribution in [0.1, 0.15) is 142 Å². The second kappa shape index (κ2) is 22.3. The fraction of sp³-hybridized carbons (Fsp3) is 0.575. The van der Waals surface area contributed by atoms with Crippen molar-refractivity contribution in [3.63, 3.8) is 0 Å². The molecule has 0 amide bonds. The monoisotopic (exact) mass is 726 g/mol. The number of halogens is 1. The molecule has 1 aliphatic heterocycles. The maximum absolute atomic E-state index is 6.30. The van der Waals surface area contributed by atoms with Gasteiger partial charge in [-0.3, -0.25) is 0 Å². The average molecular weight is 727 g/mol. The van der Waals surface area contributed by atoms with Crippen molar-refractivity contribution < 1.29 is 37.7 Å². The summed E-state index contributed by atoms with van der Waals surface area (Å²) in [4.78, 5) is 2.34. The highest BCUT2D eigenvalue weighted by Crippen LogP contribution is 2.38. The first-order chi connectivity index (χ1) is 21.8. The second-order valence-corrected chi connectivity index (χ2v) is 12.7. The summed E-state index contributed by atoms with van der Waals surface area (Å²) in [6.45, 7) is 6.49. The lowest BCUT2D eigenvalue weighted by Crippen LogP contribution is -3.00. The predicted molar refractivity (Wildman–Crippen MR) is 187 cm³/mol. The molecular weight excluding hydrogens is 667 g/mol. The Bertz CT molecular complexity index is 1280. The van der Waals surface area contributed by atoms with Crippen LogP contribution in [0.3, 0.4) is 0 Å². The molecule has 1 aliphatic rings. The van der Waals surface area contributed by atoms with E-state index in [4.69, 9.17) is 9.15 Å². The number of aryl methyl sites for hydroxylation is 1. The number of para-hydroxylation sites is 4. The highest BCUT2D eigenvalue weighted by atomic mass is 127. The minimum atomic E-state index is 0. The molecule has 3 aromatic rings. The molecule has 0 saturated heterocycles. The van der Waals surface area contributed by atoms with E-state index in [1.807, 2.05) is 6.07 Å². The third-order valence-corrected chi connectivity index (χ3v) is 8.97. The van der Waals surface area contributed by atoms with Gasteiger partial charge < -0.3 is 38.0 Å². The number of fused-ring (bicyclic) bond motifs is 2. The maximum atomic E-state index is 6.30. The van der Waals surface area contributed by atoms with Gasteiger partial charge in [0.15, 0.2) is 12.3 Å². The second-order valence-electron chi connectivity index (χ2n) is 12.7. The molecule has 0 bridgehead atoms. The summed E-state index contributed by atoms with van der Waals surface area (Å²) in [5.41, 5.74) is 3.27. The van der Waals surface area contributed by atoms with Crippen LogP contribution in [0.4, 0.5) is 5.69 Å². The van der Waals surface area contributed by atoms with E-state index in [0.29, 0.717) is 0 Å². The molecule has 0 unspecified atom stereocenters. The van der Waals surface area contributed by atoms with Crippen LogP contribution in [0.5, 0.6) is 5.75 Å². The third kappa shape index (κ3) is 12.4. The smallest absolute Gasteiger partial charge is 0.374 e. The van der Waals surface area contributed by atoms with E-state index < -0.39 is 0 Å². The molecule has 0 spiro atoms. The molecule has 0 fully saturated rings. The number of hydrogen-bond acceptors (Lipinski definition) is 3. The number of rotatable bonds is 23. The number of benzene rings is 2. The fourth-order valence-corrected chi connectivity index (χ4v) is 6.37. The molecule has 2 heterocycles. The summed E-state index contributed by atoms with van der Waals surface area (Å²) in [6, 6.07) is 16.7. The number of ether oxygens (including phenoxy) is 1. The number of oxazole rings is 1. The highest BCUT2D eigenvalue weighted by molar-refractivity contribution is 5.70. The molecule has 4 rings (SSSR count). The van der Waals surface area contributed by atoms with Gasteiger partial charge in [-0.15, -0.1) is 0 Å². The van der Waals surface area contributed by atoms with Crippen molar-refractivity contribution in [1.29, 1.82) is 0 Å². The topological polar surface area (TPSA) is 29.5 Å². The van der Waals surface area contributed by atoms with Gasteiger partial charge in [0.2, 0.25) is 11.5 Å². The first-order valence-electron chi connectivity index (χ1n) is 18.2. The van der Waals surface area contributed by atoms with Crippen molar-refractivity contribution in [3.05, 3.63) is 72.5 Å². The lowest BCUT2D eigenvalue weighted by atomic mass is 10.0. The van der Waals surface area contributed by atoms with Gasteiger partial charge in [-0.1, -0.05) is 141 Å². The zero-order valence-corrected chi connectivity index (χ0v) is 30.4. The molecule has 2 aromatic carbocycles. The quantitative estimate of drug-likeness (QED) is 0.0556. The summed E-state index contributed by atoms with van der Waals surface area (Å²) >= 11 is 0. The Morgan fingerprint density at radius 1 is 0.644 bits per heavy atom. The highest BCUT2D eigenvalue weighted by Gasteiger charge is 2.25. The molecule has 45 heavy (non-hydrogen) atoms. The zero-order valence-electron chi connectivity index (χ0n) is 28.3. The van der Waals surface area contributed by atoms with E-state index in [-0.39, 0.29) is 24.0 Å². The van der Waals surface area contributed by atoms with Crippen molar-refractivity contribution >= 4 is 22.9 Å². The van der Waals surface area contributed by atoms with Gasteiger partial charge in [0, 0.05) is 19.0 Å². The van der Waals surface area contributed by atoms with Crippen LogP contribution < -0.4 is 38.2 Å². The lowest BCUT2D eigenvalue weighted by molar-refractivity contribution is -0.678. The van der Waals surface area contributed by atoms with Gasteiger partial charge in [-0.2, -0.15) is 4.57 Å². The van der Waals surface area contributed by atoms with Crippen molar-refractivity contribution in [2.45, 2.75) is 142 Å². The van der Waals surface area contributed by atoms with Crippen LogP contribution in [-0.2, 0) is 6.54 Å². The Hall–Kier alpha value is -2.28. The van der Waals surface area contributed by atoms with Gasteiger partial charge in [0.25, 0.3) is 5.52 Å². The standard InChI is InChI=1S/C40H59N2O2.HI/c1-3-5-7-8-9-10-11-12-13-14-15-16-17-18-19-25-34-42-36-28-21-23-30-38(36)44-40(42)32-26-31-39-41(33-24-6-4-2)35-27-20-22-29-37(35)43-39;/h20-23,26-32H,3-19,24-25,33-34H2,1-2H3;1H/q+1;/p-1. The number of aromatic nitrogens is 1. The lowest BCUT2D eigenvalue weighted by Gasteiger charge is -2.18. The Morgan fingerprint density at radius 3 is 1.87 bits per heavy atom. The minimum Gasteiger partial charge on any atom is -1.00 e. The number of hydrogen-bond donors (Lipinski definition) is 0. The van der Waals surface area contributed by atoms with E-state index in [1.54, 1.807) is 0 Å². The summed E-state index contributed by atoms with van der Waals surface area (Å²) in [5, 5.41) is 0. The van der Waals surface area contributed by atoms with Crippen molar-refractivity contribution in [2.75, 3.05) is 11.4 Å². The van der Waals surface area contributed by atoms with E-state index in [0.717, 1.165) is 48.1 Å². The SMILES string of the molecule is CCCCCCCCCCCCCCCCCCN1C(=CC=Cc2oc3ccccc3[n+]2CCCCC)Oc2ccccc21.[I-]. The number of allylic oxidation sites excluding steroid dienone is 2. The molecule has 1 aromatic heterocycles. The van der Waals surface area contributed by atoms with Crippen LogP contribution >= 0.6 is 0 Å².